The summed E-state index contributed by atoms with van der Waals surface area (Å²) in [5.41, 5.74) is 5.66. The standard InChI is InChI=1S/C15H22N4O5S.ClH/c1-25(23,24)12-4-5-13(14(9-12)19(21)22)17-6-7-18-15(20)10-2-3-11(16)8-10;/h4-5,9-11,17H,2-3,6-8,16H2,1H3,(H,18,20);1H. The first-order chi connectivity index (χ1) is 11.7. The summed E-state index contributed by atoms with van der Waals surface area (Å²) < 4.78 is 23.0. The molecule has 2 unspecified atom stereocenters. The van der Waals surface area contributed by atoms with E-state index >= 15 is 0 Å². The normalized spacial score (nSPS) is 19.5. The molecule has 0 aromatic heterocycles. The quantitative estimate of drug-likeness (QED) is 0.349. The lowest BCUT2D eigenvalue weighted by Gasteiger charge is -2.12. The van der Waals surface area contributed by atoms with E-state index in [-0.39, 0.29) is 53.1 Å². The number of nitrogens with one attached hydrogen (secondary N) is 2. The fraction of sp³-hybridized carbons (Fsp3) is 0.533. The van der Waals surface area contributed by atoms with Gasteiger partial charge in [0.15, 0.2) is 9.84 Å². The molecule has 0 saturated heterocycles. The molecule has 0 aliphatic heterocycles. The largest absolute Gasteiger partial charge is 0.378 e. The van der Waals surface area contributed by atoms with Gasteiger partial charge in [-0.05, 0) is 31.4 Å². The Balaban J connectivity index is 0.00000338. The Morgan fingerprint density at radius 1 is 1.35 bits per heavy atom. The highest BCUT2D eigenvalue weighted by Crippen LogP contribution is 2.27. The van der Waals surface area contributed by atoms with Gasteiger partial charge in [0.2, 0.25) is 5.91 Å². The molecule has 9 nitrogen and oxygen atoms in total. The number of hydrogen-bond acceptors (Lipinski definition) is 7. The number of nitro benzene ring substituents is 1. The van der Waals surface area contributed by atoms with Gasteiger partial charge < -0.3 is 16.4 Å². The van der Waals surface area contributed by atoms with Crippen molar-refractivity contribution in [2.24, 2.45) is 11.7 Å². The van der Waals surface area contributed by atoms with E-state index in [1.807, 2.05) is 0 Å². The number of nitro groups is 1. The Kier molecular flexibility index (Phi) is 7.79. The average molecular weight is 407 g/mol. The van der Waals surface area contributed by atoms with E-state index in [4.69, 9.17) is 5.73 Å². The summed E-state index contributed by atoms with van der Waals surface area (Å²) in [5, 5.41) is 16.8. The zero-order valence-corrected chi connectivity index (χ0v) is 15.9. The molecule has 1 amide bonds. The van der Waals surface area contributed by atoms with Crippen LogP contribution in [-0.4, -0.2) is 44.6 Å². The number of sulfone groups is 1. The van der Waals surface area contributed by atoms with Gasteiger partial charge in [0.25, 0.3) is 5.69 Å². The Labute approximate surface area is 158 Å². The van der Waals surface area contributed by atoms with Gasteiger partial charge >= 0.3 is 0 Å². The highest BCUT2D eigenvalue weighted by molar-refractivity contribution is 7.90. The predicted molar refractivity (Wildman–Crippen MR) is 100 cm³/mol. The van der Waals surface area contributed by atoms with E-state index in [9.17, 15) is 23.3 Å². The second kappa shape index (κ2) is 9.15. The molecule has 1 aromatic carbocycles. The van der Waals surface area contributed by atoms with Crippen molar-refractivity contribution in [1.82, 2.24) is 5.32 Å². The molecule has 1 saturated carbocycles. The Morgan fingerprint density at radius 3 is 2.58 bits per heavy atom. The van der Waals surface area contributed by atoms with Gasteiger partial charge in [0.05, 0.1) is 9.82 Å². The van der Waals surface area contributed by atoms with E-state index in [1.54, 1.807) is 0 Å². The molecule has 0 bridgehead atoms. The molecule has 1 aliphatic carbocycles. The fourth-order valence-electron chi connectivity index (χ4n) is 2.82. The zero-order chi connectivity index (χ0) is 18.6. The highest BCUT2D eigenvalue weighted by Gasteiger charge is 2.27. The lowest BCUT2D eigenvalue weighted by atomic mass is 10.1. The van der Waals surface area contributed by atoms with Crippen LogP contribution in [0, 0.1) is 16.0 Å². The molecule has 26 heavy (non-hydrogen) atoms. The van der Waals surface area contributed by atoms with Crippen molar-refractivity contribution in [3.63, 3.8) is 0 Å². The third-order valence-corrected chi connectivity index (χ3v) is 5.29. The number of halogens is 1. The third kappa shape index (κ3) is 5.82. The summed E-state index contributed by atoms with van der Waals surface area (Å²) in [6.07, 6.45) is 3.29. The van der Waals surface area contributed by atoms with Crippen molar-refractivity contribution >= 4 is 39.5 Å². The van der Waals surface area contributed by atoms with Crippen LogP contribution in [0.1, 0.15) is 19.3 Å². The molecule has 1 aliphatic rings. The predicted octanol–water partition coefficient (Wildman–Crippen LogP) is 1.08. The molecule has 1 fully saturated rings. The highest BCUT2D eigenvalue weighted by atomic mass is 35.5. The van der Waals surface area contributed by atoms with E-state index in [2.05, 4.69) is 10.6 Å². The van der Waals surface area contributed by atoms with Crippen molar-refractivity contribution in [2.75, 3.05) is 24.7 Å². The molecule has 146 valence electrons. The van der Waals surface area contributed by atoms with E-state index in [1.165, 1.54) is 12.1 Å². The van der Waals surface area contributed by atoms with Crippen LogP contribution < -0.4 is 16.4 Å². The molecule has 11 heteroatoms. The lowest BCUT2D eigenvalue weighted by Crippen LogP contribution is -2.33. The first-order valence-corrected chi connectivity index (χ1v) is 9.83. The minimum Gasteiger partial charge on any atom is -0.378 e. The Morgan fingerprint density at radius 2 is 2.04 bits per heavy atom. The number of carbonyl (C=O) groups excluding carboxylic acids is 1. The van der Waals surface area contributed by atoms with E-state index in [0.717, 1.165) is 25.2 Å². The van der Waals surface area contributed by atoms with Crippen LogP contribution >= 0.6 is 12.4 Å². The molecular weight excluding hydrogens is 384 g/mol. The summed E-state index contributed by atoms with van der Waals surface area (Å²) in [6.45, 7) is 0.582. The molecular formula is C15H23ClN4O5S. The van der Waals surface area contributed by atoms with Crippen LogP contribution in [-0.2, 0) is 14.6 Å². The number of nitrogens with zero attached hydrogens (tertiary/aromatic N) is 1. The van der Waals surface area contributed by atoms with Gasteiger partial charge in [-0.3, -0.25) is 14.9 Å². The Hall–Kier alpha value is -1.91. The lowest BCUT2D eigenvalue weighted by molar-refractivity contribution is -0.384. The van der Waals surface area contributed by atoms with Crippen molar-refractivity contribution in [1.29, 1.82) is 0 Å². The van der Waals surface area contributed by atoms with Gasteiger partial charge in [-0.2, -0.15) is 0 Å². The minimum atomic E-state index is -3.53. The fourth-order valence-corrected chi connectivity index (χ4v) is 3.47. The SMILES string of the molecule is CS(=O)(=O)c1ccc(NCCNC(=O)C2CCC(N)C2)c([N+](=O)[O-])c1.Cl. The summed E-state index contributed by atoms with van der Waals surface area (Å²) in [4.78, 5) is 22.3. The summed E-state index contributed by atoms with van der Waals surface area (Å²) in [6, 6.07) is 3.76. The molecule has 4 N–H and O–H groups in total. The van der Waals surface area contributed by atoms with Gasteiger partial charge in [0.1, 0.15) is 5.69 Å². The number of anilines is 1. The van der Waals surface area contributed by atoms with Gasteiger partial charge in [0, 0.05) is 37.4 Å². The van der Waals surface area contributed by atoms with Crippen molar-refractivity contribution in [2.45, 2.75) is 30.2 Å². The smallest absolute Gasteiger partial charge is 0.293 e. The third-order valence-electron chi connectivity index (χ3n) is 4.18. The topological polar surface area (TPSA) is 144 Å². The van der Waals surface area contributed by atoms with E-state index < -0.39 is 14.8 Å². The number of benzene rings is 1. The molecule has 2 rings (SSSR count). The van der Waals surface area contributed by atoms with Gasteiger partial charge in [-0.15, -0.1) is 12.4 Å². The summed E-state index contributed by atoms with van der Waals surface area (Å²) in [5.74, 6) is -0.130. The number of rotatable bonds is 7. The molecule has 0 radical (unpaired) electrons. The van der Waals surface area contributed by atoms with Gasteiger partial charge in [-0.25, -0.2) is 8.42 Å². The average Bonchev–Trinajstić information content (AvgIpc) is 2.97. The summed E-state index contributed by atoms with van der Waals surface area (Å²) >= 11 is 0. The van der Waals surface area contributed by atoms with Crippen LogP contribution in [0.3, 0.4) is 0 Å². The molecule has 0 heterocycles. The second-order valence-corrected chi connectivity index (χ2v) is 8.21. The molecule has 2 atom stereocenters. The maximum atomic E-state index is 12.0. The number of carbonyl (C=O) groups is 1. The van der Waals surface area contributed by atoms with Gasteiger partial charge in [-0.1, -0.05) is 0 Å². The van der Waals surface area contributed by atoms with Crippen LogP contribution in [0.5, 0.6) is 0 Å². The monoisotopic (exact) mass is 406 g/mol. The van der Waals surface area contributed by atoms with Crippen LogP contribution in [0.25, 0.3) is 0 Å². The van der Waals surface area contributed by atoms with Crippen molar-refractivity contribution < 1.29 is 18.1 Å². The van der Waals surface area contributed by atoms with Crippen LogP contribution in [0.2, 0.25) is 0 Å². The number of hydrogen-bond donors (Lipinski definition) is 3. The first kappa shape index (κ1) is 22.1. The maximum Gasteiger partial charge on any atom is 0.293 e. The number of amides is 1. The molecule has 1 aromatic rings. The van der Waals surface area contributed by atoms with Crippen molar-refractivity contribution in [3.8, 4) is 0 Å². The van der Waals surface area contributed by atoms with Crippen LogP contribution in [0.4, 0.5) is 11.4 Å². The Bertz CT molecular complexity index is 771. The zero-order valence-electron chi connectivity index (χ0n) is 14.3. The number of nitrogens with two attached hydrogens (primary N) is 1. The maximum absolute atomic E-state index is 12.0. The summed E-state index contributed by atoms with van der Waals surface area (Å²) in [7, 11) is -3.53. The van der Waals surface area contributed by atoms with Crippen molar-refractivity contribution in [3.05, 3.63) is 28.3 Å². The van der Waals surface area contributed by atoms with Crippen LogP contribution in [0.15, 0.2) is 23.1 Å². The molecule has 0 spiro atoms. The minimum absolute atomic E-state index is 0. The first-order valence-electron chi connectivity index (χ1n) is 7.94. The second-order valence-electron chi connectivity index (χ2n) is 6.20. The van der Waals surface area contributed by atoms with E-state index in [0.29, 0.717) is 13.0 Å².